The Morgan fingerprint density at radius 3 is 2.48 bits per heavy atom. The molecule has 1 heterocycles. The summed E-state index contributed by atoms with van der Waals surface area (Å²) in [6.07, 6.45) is 0.740. The summed E-state index contributed by atoms with van der Waals surface area (Å²) in [5.41, 5.74) is 1.63. The largest absolute Gasteiger partial charge is 0.478 e. The van der Waals surface area contributed by atoms with E-state index in [0.29, 0.717) is 17.7 Å². The van der Waals surface area contributed by atoms with Crippen LogP contribution >= 0.6 is 0 Å². The summed E-state index contributed by atoms with van der Waals surface area (Å²) in [5, 5.41) is 2.91. The Labute approximate surface area is 145 Å². The van der Waals surface area contributed by atoms with Gasteiger partial charge in [-0.15, -0.1) is 0 Å². The van der Waals surface area contributed by atoms with E-state index in [9.17, 15) is 9.59 Å². The highest BCUT2D eigenvalue weighted by atomic mass is 16.6. The molecule has 0 spiro atoms. The van der Waals surface area contributed by atoms with Crippen LogP contribution in [0.2, 0.25) is 0 Å². The predicted octanol–water partition coefficient (Wildman–Crippen LogP) is 2.55. The molecule has 2 aromatic carbocycles. The van der Waals surface area contributed by atoms with Crippen molar-refractivity contribution in [2.75, 3.05) is 0 Å². The van der Waals surface area contributed by atoms with Crippen molar-refractivity contribution >= 4 is 11.9 Å². The summed E-state index contributed by atoms with van der Waals surface area (Å²) in [4.78, 5) is 25.1. The van der Waals surface area contributed by atoms with Crippen molar-refractivity contribution in [1.29, 1.82) is 0 Å². The van der Waals surface area contributed by atoms with Gasteiger partial charge in [0.1, 0.15) is 5.75 Å². The fraction of sp³-hybridized carbons (Fsp3) is 0.300. The van der Waals surface area contributed by atoms with Gasteiger partial charge in [0, 0.05) is 18.0 Å². The number of amides is 1. The molecule has 1 fully saturated rings. The molecule has 2 atom stereocenters. The molecule has 25 heavy (non-hydrogen) atoms. The maximum Gasteiger partial charge on any atom is 0.348 e. The summed E-state index contributed by atoms with van der Waals surface area (Å²) >= 11 is 0. The van der Waals surface area contributed by atoms with Crippen molar-refractivity contribution in [3.8, 4) is 5.75 Å². The molecule has 1 saturated carbocycles. The molecule has 1 aliphatic heterocycles. The minimum absolute atomic E-state index is 0.199. The summed E-state index contributed by atoms with van der Waals surface area (Å²) in [6, 6.07) is 16.8. The fourth-order valence-electron chi connectivity index (χ4n) is 2.91. The van der Waals surface area contributed by atoms with Crippen LogP contribution in [-0.2, 0) is 20.7 Å². The number of fused-ring (bicyclic) bond motifs is 1. The molecule has 0 radical (unpaired) electrons. The topological polar surface area (TPSA) is 64.6 Å². The molecule has 4 rings (SSSR count). The Morgan fingerprint density at radius 1 is 1.04 bits per heavy atom. The lowest BCUT2D eigenvalue weighted by atomic mass is 10.1. The summed E-state index contributed by atoms with van der Waals surface area (Å²) < 4.78 is 11.2. The second kappa shape index (κ2) is 6.59. The van der Waals surface area contributed by atoms with Crippen molar-refractivity contribution in [1.82, 2.24) is 5.32 Å². The van der Waals surface area contributed by atoms with Gasteiger partial charge in [-0.2, -0.15) is 0 Å². The molecule has 1 amide bonds. The maximum absolute atomic E-state index is 12.6. The molecule has 0 bridgehead atoms. The van der Waals surface area contributed by atoms with E-state index in [0.717, 1.165) is 18.4 Å². The number of nitrogens with one attached hydrogen (secondary N) is 1. The van der Waals surface area contributed by atoms with E-state index in [2.05, 4.69) is 5.32 Å². The summed E-state index contributed by atoms with van der Waals surface area (Å²) in [7, 11) is 0. The van der Waals surface area contributed by atoms with E-state index >= 15 is 0 Å². The van der Waals surface area contributed by atoms with E-state index in [1.807, 2.05) is 42.5 Å². The first-order valence-corrected chi connectivity index (χ1v) is 8.51. The van der Waals surface area contributed by atoms with Gasteiger partial charge in [-0.3, -0.25) is 4.79 Å². The molecule has 5 nitrogen and oxygen atoms in total. The van der Waals surface area contributed by atoms with E-state index in [1.165, 1.54) is 0 Å². The number of hydrogen-bond acceptors (Lipinski definition) is 4. The minimum Gasteiger partial charge on any atom is -0.478 e. The molecule has 2 aliphatic rings. The van der Waals surface area contributed by atoms with E-state index in [1.54, 1.807) is 12.1 Å². The first-order chi connectivity index (χ1) is 12.2. The number of ether oxygens (including phenoxy) is 2. The summed E-state index contributed by atoms with van der Waals surface area (Å²) in [6.45, 7) is 0. The van der Waals surface area contributed by atoms with Crippen LogP contribution in [0, 0.1) is 0 Å². The van der Waals surface area contributed by atoms with E-state index < -0.39 is 18.2 Å². The quantitative estimate of drug-likeness (QED) is 0.852. The third-order valence-electron chi connectivity index (χ3n) is 4.41. The van der Waals surface area contributed by atoms with Crippen LogP contribution in [0.25, 0.3) is 0 Å². The lowest BCUT2D eigenvalue weighted by Gasteiger charge is -2.20. The van der Waals surface area contributed by atoms with Crippen LogP contribution in [0.1, 0.15) is 30.1 Å². The minimum atomic E-state index is -0.957. The third-order valence-corrected chi connectivity index (χ3v) is 4.41. The zero-order chi connectivity index (χ0) is 17.2. The molecule has 0 saturated heterocycles. The molecule has 2 aromatic rings. The standard InChI is InChI=1S/C20H19NO4/c22-19(21-15-10-11-15)18(13-6-2-1-3-7-13)25-20(23)17-12-14-8-4-5-9-16(14)24-17/h1-9,15,17-18H,10-12H2,(H,21,22)/t17-,18+/m1/s1. The van der Waals surface area contributed by atoms with Gasteiger partial charge < -0.3 is 14.8 Å². The zero-order valence-electron chi connectivity index (χ0n) is 13.7. The number of benzene rings is 2. The fourth-order valence-corrected chi connectivity index (χ4v) is 2.91. The highest BCUT2D eigenvalue weighted by molar-refractivity contribution is 5.86. The molecule has 0 unspecified atom stereocenters. The van der Waals surface area contributed by atoms with Crippen molar-refractivity contribution < 1.29 is 19.1 Å². The van der Waals surface area contributed by atoms with Gasteiger partial charge in [0.25, 0.3) is 5.91 Å². The molecular formula is C20H19NO4. The number of hydrogen-bond donors (Lipinski definition) is 1. The average Bonchev–Trinajstić information content (AvgIpc) is 3.34. The van der Waals surface area contributed by atoms with Crippen LogP contribution in [0.15, 0.2) is 54.6 Å². The Kier molecular flexibility index (Phi) is 4.14. The normalized spacial score (nSPS) is 19.4. The van der Waals surface area contributed by atoms with Crippen molar-refractivity contribution in [3.05, 3.63) is 65.7 Å². The highest BCUT2D eigenvalue weighted by Crippen LogP contribution is 2.30. The van der Waals surface area contributed by atoms with E-state index in [4.69, 9.17) is 9.47 Å². The number of rotatable bonds is 5. The van der Waals surface area contributed by atoms with Crippen LogP contribution < -0.4 is 10.1 Å². The van der Waals surface area contributed by atoms with Crippen LogP contribution in [0.5, 0.6) is 5.75 Å². The number of para-hydroxylation sites is 1. The smallest absolute Gasteiger partial charge is 0.348 e. The first kappa shape index (κ1) is 15.7. The lowest BCUT2D eigenvalue weighted by molar-refractivity contribution is -0.162. The predicted molar refractivity (Wildman–Crippen MR) is 91.0 cm³/mol. The number of esters is 1. The number of carbonyl (C=O) groups excluding carboxylic acids is 2. The SMILES string of the molecule is O=C(NC1CC1)[C@@H](OC(=O)[C@H]1Cc2ccccc2O1)c1ccccc1. The Morgan fingerprint density at radius 2 is 1.76 bits per heavy atom. The number of carbonyl (C=O) groups is 2. The van der Waals surface area contributed by atoms with Crippen molar-refractivity contribution in [3.63, 3.8) is 0 Å². The molecule has 128 valence electrons. The Hall–Kier alpha value is -2.82. The maximum atomic E-state index is 12.6. The van der Waals surface area contributed by atoms with E-state index in [-0.39, 0.29) is 11.9 Å². The van der Waals surface area contributed by atoms with Gasteiger partial charge in [-0.1, -0.05) is 48.5 Å². The molecule has 1 N–H and O–H groups in total. The van der Waals surface area contributed by atoms with Crippen LogP contribution in [0.3, 0.4) is 0 Å². The zero-order valence-corrected chi connectivity index (χ0v) is 13.7. The van der Waals surface area contributed by atoms with Gasteiger partial charge in [0.05, 0.1) is 0 Å². The Bertz CT molecular complexity index is 760. The van der Waals surface area contributed by atoms with Gasteiger partial charge in [-0.05, 0) is 24.5 Å². The van der Waals surface area contributed by atoms with Crippen LogP contribution in [-0.4, -0.2) is 24.0 Å². The highest BCUT2D eigenvalue weighted by Gasteiger charge is 2.35. The second-order valence-electron chi connectivity index (χ2n) is 6.43. The molecular weight excluding hydrogens is 318 g/mol. The molecule has 0 aromatic heterocycles. The Balaban J connectivity index is 1.48. The molecule has 5 heteroatoms. The van der Waals surface area contributed by atoms with Crippen molar-refractivity contribution in [2.24, 2.45) is 0 Å². The van der Waals surface area contributed by atoms with Gasteiger partial charge >= 0.3 is 5.97 Å². The van der Waals surface area contributed by atoms with Crippen molar-refractivity contribution in [2.45, 2.75) is 37.5 Å². The van der Waals surface area contributed by atoms with Crippen LogP contribution in [0.4, 0.5) is 0 Å². The van der Waals surface area contributed by atoms with Gasteiger partial charge in [0.2, 0.25) is 6.10 Å². The monoisotopic (exact) mass is 337 g/mol. The summed E-state index contributed by atoms with van der Waals surface area (Å²) in [5.74, 6) is -0.100. The first-order valence-electron chi connectivity index (χ1n) is 8.51. The average molecular weight is 337 g/mol. The second-order valence-corrected chi connectivity index (χ2v) is 6.43. The lowest BCUT2D eigenvalue weighted by Crippen LogP contribution is -2.36. The third kappa shape index (κ3) is 3.50. The van der Waals surface area contributed by atoms with Gasteiger partial charge in [0.15, 0.2) is 6.10 Å². The molecule has 1 aliphatic carbocycles. The van der Waals surface area contributed by atoms with Gasteiger partial charge in [-0.25, -0.2) is 4.79 Å².